The van der Waals surface area contributed by atoms with Crippen molar-refractivity contribution in [2.45, 2.75) is 24.9 Å². The first-order chi connectivity index (χ1) is 9.95. The molecule has 0 saturated carbocycles. The van der Waals surface area contributed by atoms with Crippen LogP contribution in [0.4, 0.5) is 0 Å². The second-order valence-corrected chi connectivity index (χ2v) is 9.81. The van der Waals surface area contributed by atoms with E-state index in [4.69, 9.17) is 0 Å². The second kappa shape index (κ2) is 7.34. The predicted molar refractivity (Wildman–Crippen MR) is 92.4 cm³/mol. The third-order valence-electron chi connectivity index (χ3n) is 2.96. The average Bonchev–Trinajstić information content (AvgIpc) is 3.05. The molecule has 2 rings (SSSR count). The fourth-order valence-corrected chi connectivity index (χ4v) is 5.60. The predicted octanol–water partition coefficient (Wildman–Crippen LogP) is 3.50. The molecule has 0 bridgehead atoms. The van der Waals surface area contributed by atoms with Crippen LogP contribution in [0.25, 0.3) is 0 Å². The van der Waals surface area contributed by atoms with E-state index in [1.165, 1.54) is 15.6 Å². The van der Waals surface area contributed by atoms with Gasteiger partial charge in [-0.15, -0.1) is 22.7 Å². The van der Waals surface area contributed by atoms with E-state index in [1.54, 1.807) is 24.5 Å². The third kappa shape index (κ3) is 4.14. The third-order valence-corrected chi connectivity index (χ3v) is 7.45. The molecule has 0 aliphatic carbocycles. The largest absolute Gasteiger partial charge is 0.312 e. The molecule has 2 heterocycles. The van der Waals surface area contributed by atoms with Gasteiger partial charge < -0.3 is 5.32 Å². The van der Waals surface area contributed by atoms with Gasteiger partial charge >= 0.3 is 0 Å². The van der Waals surface area contributed by atoms with Crippen molar-refractivity contribution in [3.8, 4) is 0 Å². The molecule has 0 aliphatic heterocycles. The van der Waals surface area contributed by atoms with Gasteiger partial charge in [-0.05, 0) is 50.9 Å². The summed E-state index contributed by atoms with van der Waals surface area (Å²) in [5, 5.41) is 6.97. The van der Waals surface area contributed by atoms with Crippen LogP contribution in [0.3, 0.4) is 0 Å². The van der Waals surface area contributed by atoms with Crippen molar-refractivity contribution in [3.05, 3.63) is 37.1 Å². The van der Waals surface area contributed by atoms with Gasteiger partial charge in [0.25, 0.3) is 0 Å². The van der Waals surface area contributed by atoms with Gasteiger partial charge in [0.05, 0.1) is 8.68 Å². The summed E-state index contributed by atoms with van der Waals surface area (Å²) in [6, 6.07) is 3.64. The van der Waals surface area contributed by atoms with Crippen molar-refractivity contribution in [2.75, 3.05) is 13.6 Å². The molecule has 0 saturated heterocycles. The molecule has 21 heavy (non-hydrogen) atoms. The maximum absolute atomic E-state index is 12.7. The number of hydrogen-bond donors (Lipinski definition) is 1. The SMILES string of the molecule is CCNCc1sccc1S(=O)(=O)N(C)Cc1csc(Br)c1. The lowest BCUT2D eigenvalue weighted by Gasteiger charge is -2.17. The fraction of sp³-hybridized carbons (Fsp3) is 0.385. The molecule has 4 nitrogen and oxygen atoms in total. The van der Waals surface area contributed by atoms with Gasteiger partial charge in [-0.25, -0.2) is 8.42 Å². The lowest BCUT2D eigenvalue weighted by molar-refractivity contribution is 0.466. The summed E-state index contributed by atoms with van der Waals surface area (Å²) < 4.78 is 27.8. The molecule has 116 valence electrons. The molecule has 0 spiro atoms. The second-order valence-electron chi connectivity index (χ2n) is 4.51. The van der Waals surface area contributed by atoms with Crippen molar-refractivity contribution in [1.29, 1.82) is 0 Å². The highest BCUT2D eigenvalue weighted by molar-refractivity contribution is 9.11. The molecule has 0 atom stereocenters. The quantitative estimate of drug-likeness (QED) is 0.762. The Balaban J connectivity index is 2.19. The minimum atomic E-state index is -3.45. The van der Waals surface area contributed by atoms with Crippen LogP contribution >= 0.6 is 38.6 Å². The zero-order valence-corrected chi connectivity index (χ0v) is 15.8. The molecule has 0 aromatic carbocycles. The Kier molecular flexibility index (Phi) is 5.98. The van der Waals surface area contributed by atoms with E-state index in [-0.39, 0.29) is 0 Å². The van der Waals surface area contributed by atoms with E-state index < -0.39 is 10.0 Å². The highest BCUT2D eigenvalue weighted by Crippen LogP contribution is 2.27. The number of nitrogens with one attached hydrogen (secondary N) is 1. The highest BCUT2D eigenvalue weighted by atomic mass is 79.9. The molecule has 1 N–H and O–H groups in total. The first-order valence-corrected chi connectivity index (χ1v) is 10.4. The fourth-order valence-electron chi connectivity index (χ4n) is 1.86. The Hall–Kier alpha value is -0.250. The van der Waals surface area contributed by atoms with Crippen molar-refractivity contribution in [3.63, 3.8) is 0 Å². The average molecular weight is 409 g/mol. The Bertz CT molecular complexity index is 694. The van der Waals surface area contributed by atoms with Crippen molar-refractivity contribution in [1.82, 2.24) is 9.62 Å². The van der Waals surface area contributed by atoms with Crippen LogP contribution in [0.1, 0.15) is 17.4 Å². The van der Waals surface area contributed by atoms with Crippen LogP contribution < -0.4 is 5.32 Å². The first kappa shape index (κ1) is 17.1. The van der Waals surface area contributed by atoms with Crippen LogP contribution in [-0.2, 0) is 23.1 Å². The van der Waals surface area contributed by atoms with Gasteiger partial charge in [-0.3, -0.25) is 0 Å². The summed E-state index contributed by atoms with van der Waals surface area (Å²) in [6.45, 7) is 3.78. The van der Waals surface area contributed by atoms with E-state index in [2.05, 4.69) is 21.2 Å². The molecular weight excluding hydrogens is 392 g/mol. The summed E-state index contributed by atoms with van der Waals surface area (Å²) >= 11 is 6.42. The Morgan fingerprint density at radius 2 is 2.14 bits per heavy atom. The van der Waals surface area contributed by atoms with E-state index in [1.807, 2.05) is 23.8 Å². The van der Waals surface area contributed by atoms with Crippen molar-refractivity contribution >= 4 is 48.6 Å². The summed E-state index contributed by atoms with van der Waals surface area (Å²) in [5.41, 5.74) is 0.987. The molecule has 0 amide bonds. The zero-order chi connectivity index (χ0) is 15.5. The maximum Gasteiger partial charge on any atom is 0.244 e. The van der Waals surface area contributed by atoms with Gasteiger partial charge in [0.1, 0.15) is 0 Å². The summed E-state index contributed by atoms with van der Waals surface area (Å²) in [5.74, 6) is 0. The van der Waals surface area contributed by atoms with Crippen LogP contribution in [-0.4, -0.2) is 26.3 Å². The molecule has 0 fully saturated rings. The Morgan fingerprint density at radius 3 is 2.76 bits per heavy atom. The molecule has 0 unspecified atom stereocenters. The first-order valence-electron chi connectivity index (χ1n) is 6.41. The van der Waals surface area contributed by atoms with Crippen molar-refractivity contribution in [2.24, 2.45) is 0 Å². The number of thiophene rings is 2. The van der Waals surface area contributed by atoms with E-state index >= 15 is 0 Å². The molecule has 2 aromatic rings. The van der Waals surface area contributed by atoms with Gasteiger partial charge in [0.2, 0.25) is 10.0 Å². The van der Waals surface area contributed by atoms with Gasteiger partial charge in [-0.2, -0.15) is 4.31 Å². The normalized spacial score (nSPS) is 12.2. The van der Waals surface area contributed by atoms with E-state index in [9.17, 15) is 8.42 Å². The topological polar surface area (TPSA) is 49.4 Å². The zero-order valence-electron chi connectivity index (χ0n) is 11.8. The summed E-state index contributed by atoms with van der Waals surface area (Å²) in [6.07, 6.45) is 0. The maximum atomic E-state index is 12.7. The van der Waals surface area contributed by atoms with Crippen LogP contribution in [0, 0.1) is 0 Å². The molecule has 0 radical (unpaired) electrons. The summed E-state index contributed by atoms with van der Waals surface area (Å²) in [7, 11) is -1.83. The number of hydrogen-bond acceptors (Lipinski definition) is 5. The monoisotopic (exact) mass is 408 g/mol. The van der Waals surface area contributed by atoms with Gasteiger partial charge in [0.15, 0.2) is 0 Å². The van der Waals surface area contributed by atoms with E-state index in [0.29, 0.717) is 18.0 Å². The number of halogens is 1. The van der Waals surface area contributed by atoms with Crippen LogP contribution in [0.2, 0.25) is 0 Å². The molecule has 8 heteroatoms. The minimum Gasteiger partial charge on any atom is -0.312 e. The smallest absolute Gasteiger partial charge is 0.244 e. The van der Waals surface area contributed by atoms with Crippen LogP contribution in [0.15, 0.2) is 31.6 Å². The summed E-state index contributed by atoms with van der Waals surface area (Å²) in [4.78, 5) is 1.26. The number of nitrogens with zero attached hydrogens (tertiary/aromatic N) is 1. The molecular formula is C13H17BrN2O2S3. The highest BCUT2D eigenvalue weighted by Gasteiger charge is 2.25. The standard InChI is InChI=1S/C13H17BrN2O2S3/c1-3-15-7-11-12(4-5-19-11)21(17,18)16(2)8-10-6-13(14)20-9-10/h4-6,9,15H,3,7-8H2,1-2H3. The number of rotatable bonds is 7. The number of sulfonamides is 1. The Labute approximate surface area is 142 Å². The van der Waals surface area contributed by atoms with E-state index in [0.717, 1.165) is 20.8 Å². The lowest BCUT2D eigenvalue weighted by Crippen LogP contribution is -2.27. The van der Waals surface area contributed by atoms with Crippen molar-refractivity contribution < 1.29 is 8.42 Å². The van der Waals surface area contributed by atoms with Gasteiger partial charge in [-0.1, -0.05) is 6.92 Å². The van der Waals surface area contributed by atoms with Gasteiger partial charge in [0, 0.05) is 25.0 Å². The molecule has 0 aliphatic rings. The Morgan fingerprint density at radius 1 is 1.38 bits per heavy atom. The lowest BCUT2D eigenvalue weighted by atomic mass is 10.3. The van der Waals surface area contributed by atoms with Crippen LogP contribution in [0.5, 0.6) is 0 Å². The molecule has 2 aromatic heterocycles. The minimum absolute atomic E-state index is 0.376.